The highest BCUT2D eigenvalue weighted by atomic mass is 16.1. The van der Waals surface area contributed by atoms with E-state index in [2.05, 4.69) is 22.4 Å². The topological polar surface area (TPSA) is 57.8 Å². The molecular formula is C12H15N3O. The molecule has 1 atom stereocenters. The first-order valence-corrected chi connectivity index (χ1v) is 5.76. The Bertz CT molecular complexity index is 498. The average molecular weight is 217 g/mol. The number of nitrogens with one attached hydrogen (secondary N) is 2. The summed E-state index contributed by atoms with van der Waals surface area (Å²) in [5.74, 6) is 1.38. The quantitative estimate of drug-likeness (QED) is 0.700. The lowest BCUT2D eigenvalue weighted by molar-refractivity contribution is -0.116. The van der Waals surface area contributed by atoms with Crippen LogP contribution in [0.2, 0.25) is 0 Å². The van der Waals surface area contributed by atoms with Gasteiger partial charge >= 0.3 is 0 Å². The first-order valence-electron chi connectivity index (χ1n) is 5.76. The molecule has 2 N–H and O–H groups in total. The monoisotopic (exact) mass is 217 g/mol. The Balaban J connectivity index is 2.13. The van der Waals surface area contributed by atoms with Gasteiger partial charge in [0, 0.05) is 34.9 Å². The van der Waals surface area contributed by atoms with Crippen molar-refractivity contribution in [3.05, 3.63) is 22.5 Å². The molecule has 0 saturated heterocycles. The second-order valence-corrected chi connectivity index (χ2v) is 4.63. The first-order chi connectivity index (χ1) is 7.68. The molecule has 0 fully saturated rings. The number of allylic oxidation sites excluding steroid dienone is 2. The van der Waals surface area contributed by atoms with E-state index in [0.29, 0.717) is 12.2 Å². The van der Waals surface area contributed by atoms with Crippen LogP contribution < -0.4 is 5.32 Å². The highest BCUT2D eigenvalue weighted by Crippen LogP contribution is 2.41. The third-order valence-electron chi connectivity index (χ3n) is 3.59. The summed E-state index contributed by atoms with van der Waals surface area (Å²) in [5, 5.41) is 10.5. The number of carbonyl (C=O) groups excluding carboxylic acids is 1. The molecule has 1 unspecified atom stereocenters. The van der Waals surface area contributed by atoms with Gasteiger partial charge in [-0.05, 0) is 19.8 Å². The van der Waals surface area contributed by atoms with E-state index in [1.807, 2.05) is 6.92 Å². The number of aryl methyl sites for hydroxylation is 1. The van der Waals surface area contributed by atoms with Crippen molar-refractivity contribution in [1.82, 2.24) is 10.2 Å². The smallest absolute Gasteiger partial charge is 0.161 e. The van der Waals surface area contributed by atoms with Gasteiger partial charge in [0.25, 0.3) is 0 Å². The molecule has 1 aromatic heterocycles. The van der Waals surface area contributed by atoms with Gasteiger partial charge in [0.2, 0.25) is 0 Å². The molecule has 1 aliphatic carbocycles. The maximum Gasteiger partial charge on any atom is 0.161 e. The summed E-state index contributed by atoms with van der Waals surface area (Å²) in [6.07, 6.45) is 2.62. The number of carbonyl (C=O) groups is 1. The number of ketones is 1. The minimum absolute atomic E-state index is 0.179. The molecule has 0 saturated carbocycles. The number of aromatic nitrogens is 2. The fraction of sp³-hybridized carbons (Fsp3) is 0.500. The SMILES string of the molecule is Cc1[nH]nc2c1C(C)C1=C(CCCC1=O)N2. The van der Waals surface area contributed by atoms with Crippen LogP contribution in [0.25, 0.3) is 0 Å². The fourth-order valence-electron chi connectivity index (χ4n) is 2.85. The summed E-state index contributed by atoms with van der Waals surface area (Å²) >= 11 is 0. The summed E-state index contributed by atoms with van der Waals surface area (Å²) in [6.45, 7) is 4.10. The molecule has 2 aliphatic rings. The third kappa shape index (κ3) is 1.16. The molecule has 4 nitrogen and oxygen atoms in total. The Morgan fingerprint density at radius 3 is 3.00 bits per heavy atom. The second kappa shape index (κ2) is 3.20. The number of hydrogen-bond acceptors (Lipinski definition) is 3. The Hall–Kier alpha value is -1.58. The van der Waals surface area contributed by atoms with Gasteiger partial charge < -0.3 is 5.32 Å². The molecule has 3 rings (SSSR count). The zero-order chi connectivity index (χ0) is 11.3. The van der Waals surface area contributed by atoms with Crippen molar-refractivity contribution >= 4 is 11.6 Å². The zero-order valence-corrected chi connectivity index (χ0v) is 9.55. The van der Waals surface area contributed by atoms with E-state index in [9.17, 15) is 4.79 Å². The number of aromatic amines is 1. The van der Waals surface area contributed by atoms with Crippen LogP contribution >= 0.6 is 0 Å². The number of hydrogen-bond donors (Lipinski definition) is 2. The Morgan fingerprint density at radius 2 is 2.19 bits per heavy atom. The lowest BCUT2D eigenvalue weighted by Crippen LogP contribution is -2.24. The predicted molar refractivity (Wildman–Crippen MR) is 61.2 cm³/mol. The summed E-state index contributed by atoms with van der Waals surface area (Å²) in [7, 11) is 0. The second-order valence-electron chi connectivity index (χ2n) is 4.63. The largest absolute Gasteiger partial charge is 0.342 e. The van der Waals surface area contributed by atoms with Crippen molar-refractivity contribution in [2.75, 3.05) is 5.32 Å². The normalized spacial score (nSPS) is 23.9. The summed E-state index contributed by atoms with van der Waals surface area (Å²) < 4.78 is 0. The van der Waals surface area contributed by atoms with Crippen molar-refractivity contribution in [3.8, 4) is 0 Å². The van der Waals surface area contributed by atoms with Crippen LogP contribution in [0.3, 0.4) is 0 Å². The van der Waals surface area contributed by atoms with Gasteiger partial charge in [-0.3, -0.25) is 9.89 Å². The van der Waals surface area contributed by atoms with Gasteiger partial charge in [-0.15, -0.1) is 0 Å². The van der Waals surface area contributed by atoms with Gasteiger partial charge in [-0.1, -0.05) is 6.92 Å². The van der Waals surface area contributed by atoms with Crippen LogP contribution in [0.4, 0.5) is 5.82 Å². The molecule has 1 aromatic rings. The summed E-state index contributed by atoms with van der Waals surface area (Å²) in [6, 6.07) is 0. The first kappa shape index (κ1) is 9.63. The van der Waals surface area contributed by atoms with Crippen molar-refractivity contribution in [2.24, 2.45) is 0 Å². The minimum atomic E-state index is 0.179. The Morgan fingerprint density at radius 1 is 1.38 bits per heavy atom. The highest BCUT2D eigenvalue weighted by Gasteiger charge is 2.33. The van der Waals surface area contributed by atoms with Crippen molar-refractivity contribution in [3.63, 3.8) is 0 Å². The molecule has 4 heteroatoms. The number of Topliss-reactive ketones (excluding diaryl/α,β-unsaturated/α-hetero) is 1. The maximum absolute atomic E-state index is 12.0. The maximum atomic E-state index is 12.0. The Labute approximate surface area is 94.1 Å². The van der Waals surface area contributed by atoms with Gasteiger partial charge in [0.05, 0.1) is 0 Å². The zero-order valence-electron chi connectivity index (χ0n) is 9.55. The molecule has 0 radical (unpaired) electrons. The predicted octanol–water partition coefficient (Wildman–Crippen LogP) is 2.25. The van der Waals surface area contributed by atoms with Crippen LogP contribution in [0, 0.1) is 6.92 Å². The van der Waals surface area contributed by atoms with Crippen molar-refractivity contribution in [2.45, 2.75) is 39.0 Å². The molecule has 0 bridgehead atoms. The van der Waals surface area contributed by atoms with Gasteiger partial charge in [0.1, 0.15) is 0 Å². The molecule has 0 spiro atoms. The molecule has 1 aliphatic heterocycles. The van der Waals surface area contributed by atoms with Crippen LogP contribution in [0.15, 0.2) is 11.3 Å². The number of rotatable bonds is 0. The van der Waals surface area contributed by atoms with Gasteiger partial charge in [-0.2, -0.15) is 5.10 Å². The summed E-state index contributed by atoms with van der Waals surface area (Å²) in [4.78, 5) is 12.0. The average Bonchev–Trinajstić information content (AvgIpc) is 2.60. The fourth-order valence-corrected chi connectivity index (χ4v) is 2.85. The highest BCUT2D eigenvalue weighted by molar-refractivity contribution is 6.00. The molecule has 0 aromatic carbocycles. The van der Waals surface area contributed by atoms with Gasteiger partial charge in [0.15, 0.2) is 11.6 Å². The lowest BCUT2D eigenvalue weighted by atomic mass is 9.81. The lowest BCUT2D eigenvalue weighted by Gasteiger charge is -2.29. The van der Waals surface area contributed by atoms with Crippen LogP contribution in [-0.2, 0) is 4.79 Å². The number of H-pyrrole nitrogens is 1. The van der Waals surface area contributed by atoms with E-state index in [0.717, 1.165) is 41.2 Å². The molecule has 84 valence electrons. The van der Waals surface area contributed by atoms with E-state index in [1.165, 1.54) is 0 Å². The molecule has 16 heavy (non-hydrogen) atoms. The van der Waals surface area contributed by atoms with Crippen molar-refractivity contribution < 1.29 is 4.79 Å². The van der Waals surface area contributed by atoms with E-state index in [1.54, 1.807) is 0 Å². The number of fused-ring (bicyclic) bond motifs is 1. The summed E-state index contributed by atoms with van der Waals surface area (Å²) in [5.41, 5.74) is 4.26. The third-order valence-corrected chi connectivity index (χ3v) is 3.59. The van der Waals surface area contributed by atoms with Crippen LogP contribution in [0.5, 0.6) is 0 Å². The van der Waals surface area contributed by atoms with Gasteiger partial charge in [-0.25, -0.2) is 0 Å². The van der Waals surface area contributed by atoms with E-state index in [-0.39, 0.29) is 5.92 Å². The van der Waals surface area contributed by atoms with Crippen molar-refractivity contribution in [1.29, 1.82) is 0 Å². The van der Waals surface area contributed by atoms with E-state index in [4.69, 9.17) is 0 Å². The van der Waals surface area contributed by atoms with Crippen LogP contribution in [-0.4, -0.2) is 16.0 Å². The van der Waals surface area contributed by atoms with Crippen LogP contribution in [0.1, 0.15) is 43.4 Å². The number of nitrogens with zero attached hydrogens (tertiary/aromatic N) is 1. The molecular weight excluding hydrogens is 202 g/mol. The molecule has 2 heterocycles. The number of anilines is 1. The Kier molecular flexibility index (Phi) is 1.93. The van der Waals surface area contributed by atoms with E-state index < -0.39 is 0 Å². The standard InChI is InChI=1S/C12H15N3O/c1-6-10-7(2)14-15-12(10)13-8-4-3-5-9(16)11(6)8/h6H,3-5H2,1-2H3,(H2,13,14,15). The minimum Gasteiger partial charge on any atom is -0.342 e. The molecule has 0 amide bonds. The van der Waals surface area contributed by atoms with E-state index >= 15 is 0 Å².